The van der Waals surface area contributed by atoms with Crippen molar-refractivity contribution in [1.82, 2.24) is 4.90 Å². The van der Waals surface area contributed by atoms with E-state index in [1.165, 1.54) is 25.7 Å². The van der Waals surface area contributed by atoms with Crippen LogP contribution in [0.4, 0.5) is 0 Å². The van der Waals surface area contributed by atoms with Crippen LogP contribution in [0, 0.1) is 5.92 Å². The number of nitrogens with two attached hydrogens (primary N) is 1. The maximum atomic E-state index is 12.4. The van der Waals surface area contributed by atoms with Crippen LogP contribution in [0.15, 0.2) is 0 Å². The van der Waals surface area contributed by atoms with Crippen molar-refractivity contribution in [3.63, 3.8) is 0 Å². The van der Waals surface area contributed by atoms with E-state index >= 15 is 0 Å². The lowest BCUT2D eigenvalue weighted by Crippen LogP contribution is -2.47. The van der Waals surface area contributed by atoms with E-state index in [9.17, 15) is 4.79 Å². The zero-order valence-corrected chi connectivity index (χ0v) is 12.2. The smallest absolute Gasteiger partial charge is 0.223 e. The first-order chi connectivity index (χ1) is 8.72. The molecule has 3 nitrogen and oxygen atoms in total. The van der Waals surface area contributed by atoms with E-state index in [1.54, 1.807) is 0 Å². The SMILES string of the molecule is CCCCC(CC)CC(=O)N1CCCCC1CN. The molecular weight excluding hydrogens is 224 g/mol. The minimum Gasteiger partial charge on any atom is -0.338 e. The van der Waals surface area contributed by atoms with Crippen molar-refractivity contribution >= 4 is 5.91 Å². The van der Waals surface area contributed by atoms with Crippen LogP contribution < -0.4 is 5.73 Å². The number of hydrogen-bond donors (Lipinski definition) is 1. The third kappa shape index (κ3) is 4.60. The number of hydrogen-bond acceptors (Lipinski definition) is 2. The van der Waals surface area contributed by atoms with Gasteiger partial charge in [0.25, 0.3) is 0 Å². The quantitative estimate of drug-likeness (QED) is 0.759. The summed E-state index contributed by atoms with van der Waals surface area (Å²) in [7, 11) is 0. The third-order valence-electron chi connectivity index (χ3n) is 4.23. The standard InChI is InChI=1S/C15H30N2O/c1-3-5-8-13(4-2)11-15(18)17-10-7-6-9-14(17)12-16/h13-14H,3-12,16H2,1-2H3. The monoisotopic (exact) mass is 254 g/mol. The zero-order chi connectivity index (χ0) is 13.4. The van der Waals surface area contributed by atoms with Gasteiger partial charge in [-0.05, 0) is 31.6 Å². The summed E-state index contributed by atoms with van der Waals surface area (Å²) in [5.41, 5.74) is 5.78. The normalized spacial score (nSPS) is 21.9. The minimum absolute atomic E-state index is 0.301. The highest BCUT2D eigenvalue weighted by molar-refractivity contribution is 5.77. The van der Waals surface area contributed by atoms with Crippen molar-refractivity contribution in [3.05, 3.63) is 0 Å². The summed E-state index contributed by atoms with van der Waals surface area (Å²) in [6, 6.07) is 0.301. The Balaban J connectivity index is 2.45. The molecule has 1 saturated heterocycles. The Morgan fingerprint density at radius 3 is 2.78 bits per heavy atom. The fraction of sp³-hybridized carbons (Fsp3) is 0.933. The van der Waals surface area contributed by atoms with Crippen molar-refractivity contribution in [2.75, 3.05) is 13.1 Å². The molecule has 0 aromatic rings. The summed E-state index contributed by atoms with van der Waals surface area (Å²) in [5.74, 6) is 0.908. The zero-order valence-electron chi connectivity index (χ0n) is 12.2. The van der Waals surface area contributed by atoms with E-state index in [1.807, 2.05) is 0 Å². The molecule has 1 fully saturated rings. The second-order valence-electron chi connectivity index (χ2n) is 5.59. The molecule has 0 saturated carbocycles. The van der Waals surface area contributed by atoms with Crippen molar-refractivity contribution in [3.8, 4) is 0 Å². The summed E-state index contributed by atoms with van der Waals surface area (Å²) in [6.07, 6.45) is 8.96. The minimum atomic E-state index is 0.301. The Labute approximate surface area is 112 Å². The van der Waals surface area contributed by atoms with Gasteiger partial charge in [0.15, 0.2) is 0 Å². The van der Waals surface area contributed by atoms with Gasteiger partial charge in [0, 0.05) is 25.6 Å². The highest BCUT2D eigenvalue weighted by atomic mass is 16.2. The first-order valence-corrected chi connectivity index (χ1v) is 7.72. The molecule has 1 aliphatic heterocycles. The summed E-state index contributed by atoms with van der Waals surface area (Å²) < 4.78 is 0. The molecule has 106 valence electrons. The van der Waals surface area contributed by atoms with Gasteiger partial charge in [-0.15, -0.1) is 0 Å². The molecule has 0 aromatic carbocycles. The topological polar surface area (TPSA) is 46.3 Å². The van der Waals surface area contributed by atoms with Crippen LogP contribution in [0.1, 0.15) is 65.2 Å². The molecular formula is C15H30N2O. The maximum Gasteiger partial charge on any atom is 0.223 e. The van der Waals surface area contributed by atoms with Gasteiger partial charge in [0.05, 0.1) is 0 Å². The van der Waals surface area contributed by atoms with Crippen molar-refractivity contribution < 1.29 is 4.79 Å². The Hall–Kier alpha value is -0.570. The van der Waals surface area contributed by atoms with Gasteiger partial charge in [0.1, 0.15) is 0 Å². The fourth-order valence-electron chi connectivity index (χ4n) is 2.88. The van der Waals surface area contributed by atoms with Crippen LogP contribution in [-0.2, 0) is 4.79 Å². The number of carbonyl (C=O) groups excluding carboxylic acids is 1. The highest BCUT2D eigenvalue weighted by Crippen LogP contribution is 2.22. The molecule has 18 heavy (non-hydrogen) atoms. The molecule has 1 aliphatic rings. The molecule has 0 aromatic heterocycles. The summed E-state index contributed by atoms with van der Waals surface area (Å²) >= 11 is 0. The van der Waals surface area contributed by atoms with Crippen LogP contribution in [-0.4, -0.2) is 29.9 Å². The van der Waals surface area contributed by atoms with Gasteiger partial charge in [0.2, 0.25) is 5.91 Å². The lowest BCUT2D eigenvalue weighted by atomic mass is 9.93. The number of likely N-dealkylation sites (tertiary alicyclic amines) is 1. The van der Waals surface area contributed by atoms with Crippen LogP contribution >= 0.6 is 0 Å². The van der Waals surface area contributed by atoms with Crippen LogP contribution in [0.5, 0.6) is 0 Å². The molecule has 3 heteroatoms. The van der Waals surface area contributed by atoms with Crippen molar-refractivity contribution in [2.24, 2.45) is 11.7 Å². The average molecular weight is 254 g/mol. The molecule has 0 radical (unpaired) electrons. The second-order valence-corrected chi connectivity index (χ2v) is 5.59. The van der Waals surface area contributed by atoms with E-state index < -0.39 is 0 Å². The molecule has 1 heterocycles. The molecule has 0 aliphatic carbocycles. The van der Waals surface area contributed by atoms with E-state index in [0.29, 0.717) is 24.4 Å². The summed E-state index contributed by atoms with van der Waals surface area (Å²) in [6.45, 7) is 5.95. The third-order valence-corrected chi connectivity index (χ3v) is 4.23. The van der Waals surface area contributed by atoms with Crippen LogP contribution in [0.2, 0.25) is 0 Å². The molecule has 2 N–H and O–H groups in total. The van der Waals surface area contributed by atoms with E-state index in [4.69, 9.17) is 5.73 Å². The average Bonchev–Trinajstić information content (AvgIpc) is 2.43. The predicted octanol–water partition coefficient (Wildman–Crippen LogP) is 2.93. The van der Waals surface area contributed by atoms with Gasteiger partial charge in [-0.25, -0.2) is 0 Å². The van der Waals surface area contributed by atoms with Gasteiger partial charge < -0.3 is 10.6 Å². The van der Waals surface area contributed by atoms with E-state index in [0.717, 1.165) is 32.2 Å². The first-order valence-electron chi connectivity index (χ1n) is 7.72. The lowest BCUT2D eigenvalue weighted by Gasteiger charge is -2.36. The summed E-state index contributed by atoms with van der Waals surface area (Å²) in [5, 5.41) is 0. The maximum absolute atomic E-state index is 12.4. The molecule has 2 unspecified atom stereocenters. The Morgan fingerprint density at radius 2 is 2.17 bits per heavy atom. The van der Waals surface area contributed by atoms with E-state index in [2.05, 4.69) is 18.7 Å². The number of rotatable bonds is 7. The Kier molecular flexibility index (Phi) is 7.33. The Bertz CT molecular complexity index is 243. The van der Waals surface area contributed by atoms with Crippen molar-refractivity contribution in [2.45, 2.75) is 71.3 Å². The van der Waals surface area contributed by atoms with E-state index in [-0.39, 0.29) is 0 Å². The molecule has 0 spiro atoms. The largest absolute Gasteiger partial charge is 0.338 e. The van der Waals surface area contributed by atoms with Gasteiger partial charge in [-0.1, -0.05) is 33.1 Å². The predicted molar refractivity (Wildman–Crippen MR) is 76.3 cm³/mol. The molecule has 0 bridgehead atoms. The number of nitrogens with zero attached hydrogens (tertiary/aromatic N) is 1. The second kappa shape index (κ2) is 8.52. The van der Waals surface area contributed by atoms with Gasteiger partial charge in [-0.3, -0.25) is 4.79 Å². The summed E-state index contributed by atoms with van der Waals surface area (Å²) in [4.78, 5) is 14.4. The van der Waals surface area contributed by atoms with Gasteiger partial charge >= 0.3 is 0 Å². The fourth-order valence-corrected chi connectivity index (χ4v) is 2.88. The Morgan fingerprint density at radius 1 is 1.39 bits per heavy atom. The molecule has 1 amide bonds. The number of carbonyl (C=O) groups is 1. The molecule has 1 rings (SSSR count). The number of piperidine rings is 1. The highest BCUT2D eigenvalue weighted by Gasteiger charge is 2.26. The van der Waals surface area contributed by atoms with Crippen LogP contribution in [0.3, 0.4) is 0 Å². The van der Waals surface area contributed by atoms with Gasteiger partial charge in [-0.2, -0.15) is 0 Å². The first kappa shape index (κ1) is 15.5. The molecule has 2 atom stereocenters. The number of unbranched alkanes of at least 4 members (excludes halogenated alkanes) is 1. The number of amides is 1. The van der Waals surface area contributed by atoms with Crippen LogP contribution in [0.25, 0.3) is 0 Å². The lowest BCUT2D eigenvalue weighted by molar-refractivity contribution is -0.135. The van der Waals surface area contributed by atoms with Crippen molar-refractivity contribution in [1.29, 1.82) is 0 Å².